The van der Waals surface area contributed by atoms with Crippen LogP contribution >= 0.6 is 0 Å². The average molecular weight is 112 g/mol. The summed E-state index contributed by atoms with van der Waals surface area (Å²) in [5, 5.41) is 0. The van der Waals surface area contributed by atoms with Crippen LogP contribution in [0.1, 0.15) is 13.3 Å². The van der Waals surface area contributed by atoms with Crippen LogP contribution in [0.5, 0.6) is 0 Å². The van der Waals surface area contributed by atoms with E-state index in [9.17, 15) is 4.39 Å². The third kappa shape index (κ3) is 0.971. The van der Waals surface area contributed by atoms with Gasteiger partial charge in [0.05, 0.1) is 0 Å². The third-order valence-corrected chi connectivity index (χ3v) is 1.35. The molecule has 0 saturated heterocycles. The first-order chi connectivity index (χ1) is 3.80. The Morgan fingerprint density at radius 2 is 2.50 bits per heavy atom. The quantitative estimate of drug-likeness (QED) is 0.451. The highest BCUT2D eigenvalue weighted by atomic mass is 19.1. The number of halogens is 1. The van der Waals surface area contributed by atoms with Gasteiger partial charge in [-0.15, -0.1) is 0 Å². The van der Waals surface area contributed by atoms with Crippen LogP contribution in [0.2, 0.25) is 0 Å². The second-order valence-corrected chi connectivity index (χ2v) is 2.12. The molecule has 0 radical (unpaired) electrons. The van der Waals surface area contributed by atoms with Crippen molar-refractivity contribution >= 4 is 0 Å². The molecule has 0 amide bonds. The Morgan fingerprint density at radius 3 is 2.88 bits per heavy atom. The summed E-state index contributed by atoms with van der Waals surface area (Å²) >= 11 is 0. The number of rotatable bonds is 0. The molecule has 0 N–H and O–H groups in total. The van der Waals surface area contributed by atoms with Gasteiger partial charge in [-0.2, -0.15) is 0 Å². The van der Waals surface area contributed by atoms with Gasteiger partial charge in [0, 0.05) is 5.92 Å². The topological polar surface area (TPSA) is 0 Å². The molecule has 0 aromatic heterocycles. The van der Waals surface area contributed by atoms with Gasteiger partial charge in [-0.1, -0.05) is 19.1 Å². The lowest BCUT2D eigenvalue weighted by atomic mass is 10.0. The fourth-order valence-corrected chi connectivity index (χ4v) is 0.720. The first-order valence-corrected chi connectivity index (χ1v) is 2.83. The maximum Gasteiger partial charge on any atom is 0.103 e. The molecule has 0 unspecified atom stereocenters. The summed E-state index contributed by atoms with van der Waals surface area (Å²) in [6.07, 6.45) is 6.11. The van der Waals surface area contributed by atoms with Crippen molar-refractivity contribution < 1.29 is 4.39 Å². The first-order valence-electron chi connectivity index (χ1n) is 2.83. The Balaban J connectivity index is 2.66. The zero-order valence-electron chi connectivity index (χ0n) is 4.89. The fourth-order valence-electron chi connectivity index (χ4n) is 0.720. The van der Waals surface area contributed by atoms with E-state index >= 15 is 0 Å². The van der Waals surface area contributed by atoms with E-state index in [1.54, 1.807) is 6.08 Å². The normalized spacial score (nSPS) is 27.8. The summed E-state index contributed by atoms with van der Waals surface area (Å²) in [5.41, 5.74) is 0. The van der Waals surface area contributed by atoms with Crippen molar-refractivity contribution in [1.29, 1.82) is 0 Å². The van der Waals surface area contributed by atoms with Gasteiger partial charge in [0.1, 0.15) is 5.83 Å². The summed E-state index contributed by atoms with van der Waals surface area (Å²) in [5.74, 6) is 0.118. The van der Waals surface area contributed by atoms with Crippen molar-refractivity contribution in [2.24, 2.45) is 5.92 Å². The van der Waals surface area contributed by atoms with Crippen LogP contribution in [0.15, 0.2) is 24.1 Å². The summed E-state index contributed by atoms with van der Waals surface area (Å²) in [4.78, 5) is 0. The Kier molecular flexibility index (Phi) is 1.47. The van der Waals surface area contributed by atoms with E-state index in [2.05, 4.69) is 0 Å². The maximum absolute atomic E-state index is 12.4. The molecule has 1 rings (SSSR count). The molecule has 0 saturated carbocycles. The zero-order chi connectivity index (χ0) is 5.98. The van der Waals surface area contributed by atoms with Gasteiger partial charge >= 0.3 is 0 Å². The fraction of sp³-hybridized carbons (Fsp3) is 0.429. The predicted octanol–water partition coefficient (Wildman–Crippen LogP) is 2.44. The molecule has 1 aliphatic rings. The SMILES string of the molecule is C[C@H]1CC=CC=C1F. The second kappa shape index (κ2) is 2.12. The van der Waals surface area contributed by atoms with Gasteiger partial charge in [-0.05, 0) is 12.5 Å². The third-order valence-electron chi connectivity index (χ3n) is 1.35. The monoisotopic (exact) mass is 112 g/mol. The largest absolute Gasteiger partial charge is 0.212 e. The van der Waals surface area contributed by atoms with E-state index in [1.807, 2.05) is 13.0 Å². The maximum atomic E-state index is 12.4. The van der Waals surface area contributed by atoms with E-state index in [0.29, 0.717) is 0 Å². The number of allylic oxidation sites excluding steroid dienone is 4. The van der Waals surface area contributed by atoms with Crippen LogP contribution in [0.25, 0.3) is 0 Å². The molecule has 0 aromatic carbocycles. The Bertz CT molecular complexity index is 133. The highest BCUT2D eigenvalue weighted by molar-refractivity contribution is 5.14. The molecule has 1 atom stereocenters. The van der Waals surface area contributed by atoms with Gasteiger partial charge in [0.2, 0.25) is 0 Å². The van der Waals surface area contributed by atoms with Crippen LogP contribution in [0, 0.1) is 5.92 Å². The van der Waals surface area contributed by atoms with Crippen LogP contribution in [-0.4, -0.2) is 0 Å². The van der Waals surface area contributed by atoms with Gasteiger partial charge in [-0.25, -0.2) is 4.39 Å². The molecule has 0 fully saturated rings. The standard InChI is InChI=1S/C7H9F/c1-6-4-2-3-5-7(6)8/h2-3,5-6H,4H2,1H3/t6-/m0/s1. The van der Waals surface area contributed by atoms with Crippen LogP contribution in [-0.2, 0) is 0 Å². The lowest BCUT2D eigenvalue weighted by molar-refractivity contribution is 0.491. The van der Waals surface area contributed by atoms with Crippen molar-refractivity contribution in [1.82, 2.24) is 0 Å². The van der Waals surface area contributed by atoms with Crippen LogP contribution in [0.3, 0.4) is 0 Å². The molecule has 1 aliphatic carbocycles. The predicted molar refractivity (Wildman–Crippen MR) is 32.1 cm³/mol. The summed E-state index contributed by atoms with van der Waals surface area (Å²) < 4.78 is 12.4. The molecule has 0 spiro atoms. The summed E-state index contributed by atoms with van der Waals surface area (Å²) in [7, 11) is 0. The van der Waals surface area contributed by atoms with Crippen molar-refractivity contribution in [2.75, 3.05) is 0 Å². The Hall–Kier alpha value is -0.590. The van der Waals surface area contributed by atoms with Crippen molar-refractivity contribution in [3.63, 3.8) is 0 Å². The van der Waals surface area contributed by atoms with Crippen LogP contribution < -0.4 is 0 Å². The van der Waals surface area contributed by atoms with E-state index < -0.39 is 0 Å². The Labute approximate surface area is 48.7 Å². The molecular weight excluding hydrogens is 103 g/mol. The van der Waals surface area contributed by atoms with E-state index in [-0.39, 0.29) is 11.7 Å². The molecule has 0 nitrogen and oxygen atoms in total. The van der Waals surface area contributed by atoms with Gasteiger partial charge in [0.15, 0.2) is 0 Å². The van der Waals surface area contributed by atoms with E-state index in [1.165, 1.54) is 6.08 Å². The van der Waals surface area contributed by atoms with E-state index in [4.69, 9.17) is 0 Å². The number of hydrogen-bond acceptors (Lipinski definition) is 0. The van der Waals surface area contributed by atoms with Gasteiger partial charge in [-0.3, -0.25) is 0 Å². The molecule has 44 valence electrons. The minimum absolute atomic E-state index is 0.00694. The van der Waals surface area contributed by atoms with Crippen LogP contribution in [0.4, 0.5) is 4.39 Å². The van der Waals surface area contributed by atoms with Gasteiger partial charge in [0.25, 0.3) is 0 Å². The van der Waals surface area contributed by atoms with Crippen molar-refractivity contribution in [3.05, 3.63) is 24.1 Å². The van der Waals surface area contributed by atoms with Crippen molar-refractivity contribution in [3.8, 4) is 0 Å². The highest BCUT2D eigenvalue weighted by Gasteiger charge is 2.06. The van der Waals surface area contributed by atoms with Gasteiger partial charge < -0.3 is 0 Å². The first kappa shape index (κ1) is 5.54. The summed E-state index contributed by atoms with van der Waals surface area (Å²) in [6, 6.07) is 0. The lowest BCUT2D eigenvalue weighted by Gasteiger charge is -2.07. The number of hydrogen-bond donors (Lipinski definition) is 0. The molecule has 1 heteroatoms. The molecule has 8 heavy (non-hydrogen) atoms. The van der Waals surface area contributed by atoms with E-state index in [0.717, 1.165) is 6.42 Å². The summed E-state index contributed by atoms with van der Waals surface area (Å²) in [6.45, 7) is 1.88. The molecule has 0 heterocycles. The second-order valence-electron chi connectivity index (χ2n) is 2.12. The zero-order valence-corrected chi connectivity index (χ0v) is 4.89. The smallest absolute Gasteiger partial charge is 0.103 e. The average Bonchev–Trinajstić information content (AvgIpc) is 1.77. The molecular formula is C7H9F. The molecule has 0 bridgehead atoms. The lowest BCUT2D eigenvalue weighted by Crippen LogP contribution is -1.95. The highest BCUT2D eigenvalue weighted by Crippen LogP contribution is 2.19. The minimum atomic E-state index is 0.00694. The minimum Gasteiger partial charge on any atom is -0.212 e. The molecule has 0 aromatic rings. The van der Waals surface area contributed by atoms with Crippen molar-refractivity contribution in [2.45, 2.75) is 13.3 Å². The Morgan fingerprint density at radius 1 is 1.75 bits per heavy atom. The molecule has 0 aliphatic heterocycles.